The van der Waals surface area contributed by atoms with Crippen LogP contribution >= 0.6 is 0 Å². The monoisotopic (exact) mass is 268 g/mol. The number of benzene rings is 1. The van der Waals surface area contributed by atoms with Crippen molar-refractivity contribution in [1.29, 1.82) is 0 Å². The van der Waals surface area contributed by atoms with Gasteiger partial charge in [-0.3, -0.25) is 0 Å². The molecular weight excluding hydrogens is 252 g/mol. The number of aryl methyl sites for hydroxylation is 1. The summed E-state index contributed by atoms with van der Waals surface area (Å²) in [7, 11) is 0. The summed E-state index contributed by atoms with van der Waals surface area (Å²) in [6, 6.07) is 12.2. The van der Waals surface area contributed by atoms with Crippen molar-refractivity contribution in [2.75, 3.05) is 5.32 Å². The SMILES string of the molecule is CCn1cccc1CNc1ccc(-c2nnco2)cc1. The summed E-state index contributed by atoms with van der Waals surface area (Å²) in [5.74, 6) is 0.538. The first kappa shape index (κ1) is 12.5. The van der Waals surface area contributed by atoms with Gasteiger partial charge in [0.25, 0.3) is 0 Å². The van der Waals surface area contributed by atoms with Gasteiger partial charge < -0.3 is 14.3 Å². The van der Waals surface area contributed by atoms with Crippen LogP contribution in [0.25, 0.3) is 11.5 Å². The van der Waals surface area contributed by atoms with Crippen LogP contribution < -0.4 is 5.32 Å². The Hall–Kier alpha value is -2.56. The van der Waals surface area contributed by atoms with Gasteiger partial charge in [0.15, 0.2) is 0 Å². The molecule has 2 aromatic heterocycles. The van der Waals surface area contributed by atoms with Gasteiger partial charge in [0.2, 0.25) is 12.3 Å². The molecule has 5 heteroatoms. The van der Waals surface area contributed by atoms with E-state index in [0.717, 1.165) is 24.3 Å². The van der Waals surface area contributed by atoms with Gasteiger partial charge in [-0.15, -0.1) is 10.2 Å². The first-order valence-corrected chi connectivity index (χ1v) is 6.61. The molecule has 0 fully saturated rings. The molecule has 0 spiro atoms. The fraction of sp³-hybridized carbons (Fsp3) is 0.200. The third kappa shape index (κ3) is 2.56. The van der Waals surface area contributed by atoms with Crippen LogP contribution in [0.1, 0.15) is 12.6 Å². The summed E-state index contributed by atoms with van der Waals surface area (Å²) in [6.07, 6.45) is 3.43. The van der Waals surface area contributed by atoms with Crippen molar-refractivity contribution < 1.29 is 4.42 Å². The molecule has 0 bridgehead atoms. The molecule has 20 heavy (non-hydrogen) atoms. The summed E-state index contributed by atoms with van der Waals surface area (Å²) >= 11 is 0. The number of rotatable bonds is 5. The van der Waals surface area contributed by atoms with Crippen molar-refractivity contribution in [3.63, 3.8) is 0 Å². The Morgan fingerprint density at radius 2 is 2.05 bits per heavy atom. The van der Waals surface area contributed by atoms with Gasteiger partial charge in [0.05, 0.1) is 6.54 Å². The van der Waals surface area contributed by atoms with Crippen LogP contribution in [0.3, 0.4) is 0 Å². The van der Waals surface area contributed by atoms with E-state index >= 15 is 0 Å². The molecule has 3 rings (SSSR count). The summed E-state index contributed by atoms with van der Waals surface area (Å²) < 4.78 is 7.38. The molecule has 0 saturated carbocycles. The molecule has 0 unspecified atom stereocenters. The van der Waals surface area contributed by atoms with Gasteiger partial charge in [0, 0.05) is 29.7 Å². The summed E-state index contributed by atoms with van der Waals surface area (Å²) in [5, 5.41) is 11.0. The second kappa shape index (κ2) is 5.61. The molecule has 1 N–H and O–H groups in total. The summed E-state index contributed by atoms with van der Waals surface area (Å²) in [4.78, 5) is 0. The fourth-order valence-corrected chi connectivity index (χ4v) is 2.14. The molecule has 0 aliphatic carbocycles. The van der Waals surface area contributed by atoms with E-state index in [4.69, 9.17) is 4.42 Å². The predicted molar refractivity (Wildman–Crippen MR) is 77.2 cm³/mol. The molecule has 0 aliphatic rings. The number of hydrogen-bond donors (Lipinski definition) is 1. The second-order valence-electron chi connectivity index (χ2n) is 4.46. The zero-order valence-corrected chi connectivity index (χ0v) is 11.3. The zero-order valence-electron chi connectivity index (χ0n) is 11.3. The van der Waals surface area contributed by atoms with Gasteiger partial charge in [0.1, 0.15) is 0 Å². The van der Waals surface area contributed by atoms with Crippen LogP contribution in [0.15, 0.2) is 53.4 Å². The maximum Gasteiger partial charge on any atom is 0.247 e. The molecule has 0 saturated heterocycles. The molecular formula is C15H16N4O. The van der Waals surface area contributed by atoms with Crippen LogP contribution in [-0.4, -0.2) is 14.8 Å². The highest BCUT2D eigenvalue weighted by atomic mass is 16.4. The average molecular weight is 268 g/mol. The maximum atomic E-state index is 5.16. The van der Waals surface area contributed by atoms with Crippen LogP contribution in [-0.2, 0) is 13.1 Å². The average Bonchev–Trinajstić information content (AvgIpc) is 3.16. The Kier molecular flexibility index (Phi) is 3.50. The highest BCUT2D eigenvalue weighted by molar-refractivity contribution is 5.58. The number of nitrogens with zero attached hydrogens (tertiary/aromatic N) is 3. The second-order valence-corrected chi connectivity index (χ2v) is 4.46. The normalized spacial score (nSPS) is 10.7. The lowest BCUT2D eigenvalue weighted by Crippen LogP contribution is -2.05. The quantitative estimate of drug-likeness (QED) is 0.772. The molecule has 0 atom stereocenters. The van der Waals surface area contributed by atoms with Gasteiger partial charge in [-0.05, 0) is 43.3 Å². The van der Waals surface area contributed by atoms with E-state index in [0.29, 0.717) is 5.89 Å². The molecule has 0 amide bonds. The molecule has 102 valence electrons. The van der Waals surface area contributed by atoms with E-state index in [9.17, 15) is 0 Å². The van der Waals surface area contributed by atoms with Crippen molar-refractivity contribution in [2.45, 2.75) is 20.0 Å². The Labute approximate surface area is 117 Å². The van der Waals surface area contributed by atoms with Crippen LogP contribution in [0.2, 0.25) is 0 Å². The molecule has 0 radical (unpaired) electrons. The van der Waals surface area contributed by atoms with Gasteiger partial charge in [-0.2, -0.15) is 0 Å². The maximum absolute atomic E-state index is 5.16. The fourth-order valence-electron chi connectivity index (χ4n) is 2.14. The lowest BCUT2D eigenvalue weighted by Gasteiger charge is -2.09. The minimum Gasteiger partial charge on any atom is -0.423 e. The third-order valence-electron chi connectivity index (χ3n) is 3.23. The van der Waals surface area contributed by atoms with Crippen molar-refractivity contribution in [3.8, 4) is 11.5 Å². The van der Waals surface area contributed by atoms with Crippen LogP contribution in [0.5, 0.6) is 0 Å². The molecule has 5 nitrogen and oxygen atoms in total. The van der Waals surface area contributed by atoms with Crippen molar-refractivity contribution in [2.24, 2.45) is 0 Å². The van der Waals surface area contributed by atoms with E-state index in [1.165, 1.54) is 12.1 Å². The largest absolute Gasteiger partial charge is 0.423 e. The lowest BCUT2D eigenvalue weighted by molar-refractivity contribution is 0.568. The summed E-state index contributed by atoms with van der Waals surface area (Å²) in [5.41, 5.74) is 3.26. The number of hydrogen-bond acceptors (Lipinski definition) is 4. The Balaban J connectivity index is 1.67. The van der Waals surface area contributed by atoms with E-state index in [2.05, 4.69) is 45.3 Å². The number of nitrogens with one attached hydrogen (secondary N) is 1. The standard InChI is InChI=1S/C15H16N4O/c1-2-19-9-3-4-14(19)10-16-13-7-5-12(6-8-13)15-18-17-11-20-15/h3-9,11,16H,2,10H2,1H3. The predicted octanol–water partition coefficient (Wildman–Crippen LogP) is 3.17. The number of anilines is 1. The molecule has 1 aromatic carbocycles. The van der Waals surface area contributed by atoms with Gasteiger partial charge in [-0.25, -0.2) is 0 Å². The van der Waals surface area contributed by atoms with Gasteiger partial charge in [-0.1, -0.05) is 0 Å². The highest BCUT2D eigenvalue weighted by Crippen LogP contribution is 2.19. The van der Waals surface area contributed by atoms with E-state index in [-0.39, 0.29) is 0 Å². The van der Waals surface area contributed by atoms with E-state index < -0.39 is 0 Å². The third-order valence-corrected chi connectivity index (χ3v) is 3.23. The van der Waals surface area contributed by atoms with E-state index in [1.807, 2.05) is 24.3 Å². The zero-order chi connectivity index (χ0) is 13.8. The van der Waals surface area contributed by atoms with E-state index in [1.54, 1.807) is 0 Å². The highest BCUT2D eigenvalue weighted by Gasteiger charge is 2.03. The van der Waals surface area contributed by atoms with Crippen LogP contribution in [0.4, 0.5) is 5.69 Å². The van der Waals surface area contributed by atoms with Gasteiger partial charge >= 0.3 is 0 Å². The first-order valence-electron chi connectivity index (χ1n) is 6.61. The molecule has 3 aromatic rings. The Morgan fingerprint density at radius 1 is 1.20 bits per heavy atom. The minimum absolute atomic E-state index is 0.538. The van der Waals surface area contributed by atoms with Crippen molar-refractivity contribution in [1.82, 2.24) is 14.8 Å². The summed E-state index contributed by atoms with van der Waals surface area (Å²) in [6.45, 7) is 3.93. The molecule has 2 heterocycles. The topological polar surface area (TPSA) is 55.9 Å². The van der Waals surface area contributed by atoms with Crippen molar-refractivity contribution in [3.05, 3.63) is 54.7 Å². The van der Waals surface area contributed by atoms with Crippen LogP contribution in [0, 0.1) is 0 Å². The smallest absolute Gasteiger partial charge is 0.247 e. The number of aromatic nitrogens is 3. The molecule has 0 aliphatic heterocycles. The first-order chi connectivity index (χ1) is 9.86. The lowest BCUT2D eigenvalue weighted by atomic mass is 10.2. The minimum atomic E-state index is 0.538. The van der Waals surface area contributed by atoms with Crippen molar-refractivity contribution >= 4 is 5.69 Å². The Bertz CT molecular complexity index is 656. The Morgan fingerprint density at radius 3 is 2.75 bits per heavy atom.